The Bertz CT molecular complexity index is 391. The summed E-state index contributed by atoms with van der Waals surface area (Å²) in [6.45, 7) is 4.62. The molecule has 0 spiro atoms. The minimum absolute atomic E-state index is 0.356. The van der Waals surface area contributed by atoms with Crippen molar-refractivity contribution >= 4 is 0 Å². The second-order valence-corrected chi connectivity index (χ2v) is 5.94. The molecule has 2 unspecified atom stereocenters. The van der Waals surface area contributed by atoms with Crippen LogP contribution in [0.4, 0.5) is 0 Å². The number of para-hydroxylation sites is 1. The van der Waals surface area contributed by atoms with Gasteiger partial charge in [0.1, 0.15) is 5.75 Å². The van der Waals surface area contributed by atoms with Gasteiger partial charge >= 0.3 is 0 Å². The van der Waals surface area contributed by atoms with Crippen molar-refractivity contribution < 1.29 is 4.74 Å². The quantitative estimate of drug-likeness (QED) is 0.815. The van der Waals surface area contributed by atoms with Gasteiger partial charge in [0.05, 0.1) is 7.11 Å². The topological polar surface area (TPSA) is 21.3 Å². The fourth-order valence-corrected chi connectivity index (χ4v) is 3.12. The normalized spacial score (nSPS) is 25.6. The molecule has 2 heteroatoms. The zero-order chi connectivity index (χ0) is 13.7. The number of nitrogens with one attached hydrogen (secondary N) is 1. The summed E-state index contributed by atoms with van der Waals surface area (Å²) in [5.41, 5.74) is 1.27. The Labute approximate surface area is 117 Å². The molecular formula is C17H27NO. The van der Waals surface area contributed by atoms with Gasteiger partial charge in [0.2, 0.25) is 0 Å². The number of ether oxygens (including phenoxy) is 1. The Kier molecular flexibility index (Phi) is 5.26. The first-order valence-electron chi connectivity index (χ1n) is 7.59. The predicted octanol–water partition coefficient (Wildman–Crippen LogP) is 4.31. The summed E-state index contributed by atoms with van der Waals surface area (Å²) in [4.78, 5) is 0. The van der Waals surface area contributed by atoms with Gasteiger partial charge in [-0.15, -0.1) is 0 Å². The van der Waals surface area contributed by atoms with Gasteiger partial charge in [-0.2, -0.15) is 0 Å². The van der Waals surface area contributed by atoms with Crippen LogP contribution in [0.5, 0.6) is 5.75 Å². The number of hydrogen-bond donors (Lipinski definition) is 1. The average molecular weight is 261 g/mol. The highest BCUT2D eigenvalue weighted by atomic mass is 16.5. The Morgan fingerprint density at radius 3 is 2.74 bits per heavy atom. The van der Waals surface area contributed by atoms with E-state index in [1.54, 1.807) is 7.11 Å². The molecule has 19 heavy (non-hydrogen) atoms. The second-order valence-electron chi connectivity index (χ2n) is 5.94. The summed E-state index contributed by atoms with van der Waals surface area (Å²) in [7, 11) is 1.75. The molecule has 2 nitrogen and oxygen atoms in total. The first kappa shape index (κ1) is 14.4. The maximum atomic E-state index is 5.46. The standard InChI is InChI=1S/C17H27NO/c1-13-7-6-8-15(12-11-13)18-14(2)16-9-4-5-10-17(16)19-3/h4-5,9-10,13-15,18H,6-8,11-12H2,1-3H3/t13?,14-,15?/m1/s1. The third kappa shape index (κ3) is 3.97. The van der Waals surface area contributed by atoms with E-state index >= 15 is 0 Å². The lowest BCUT2D eigenvalue weighted by Crippen LogP contribution is -2.31. The molecule has 0 saturated heterocycles. The van der Waals surface area contributed by atoms with Gasteiger partial charge in [0.15, 0.2) is 0 Å². The van der Waals surface area contributed by atoms with E-state index in [2.05, 4.69) is 31.3 Å². The van der Waals surface area contributed by atoms with Gasteiger partial charge in [0, 0.05) is 17.6 Å². The number of benzene rings is 1. The molecule has 0 heterocycles. The van der Waals surface area contributed by atoms with E-state index in [9.17, 15) is 0 Å². The van der Waals surface area contributed by atoms with Crippen molar-refractivity contribution in [3.05, 3.63) is 29.8 Å². The Hall–Kier alpha value is -1.02. The van der Waals surface area contributed by atoms with Crippen LogP contribution >= 0.6 is 0 Å². The van der Waals surface area contributed by atoms with Crippen LogP contribution in [0.3, 0.4) is 0 Å². The molecule has 0 bridgehead atoms. The predicted molar refractivity (Wildman–Crippen MR) is 80.6 cm³/mol. The number of rotatable bonds is 4. The highest BCUT2D eigenvalue weighted by Crippen LogP contribution is 2.28. The van der Waals surface area contributed by atoms with Crippen molar-refractivity contribution in [1.29, 1.82) is 0 Å². The van der Waals surface area contributed by atoms with E-state index in [0.29, 0.717) is 12.1 Å². The molecule has 1 aromatic carbocycles. The lowest BCUT2D eigenvalue weighted by atomic mass is 10.0. The van der Waals surface area contributed by atoms with Crippen LogP contribution in [0.25, 0.3) is 0 Å². The van der Waals surface area contributed by atoms with E-state index < -0.39 is 0 Å². The summed E-state index contributed by atoms with van der Waals surface area (Å²) in [6, 6.07) is 9.34. The number of hydrogen-bond acceptors (Lipinski definition) is 2. The SMILES string of the molecule is COc1ccccc1[C@@H](C)NC1CCCC(C)CC1. The molecule has 1 fully saturated rings. The third-order valence-corrected chi connectivity index (χ3v) is 4.35. The number of methoxy groups -OCH3 is 1. The Balaban J connectivity index is 1.98. The highest BCUT2D eigenvalue weighted by Gasteiger charge is 2.19. The maximum Gasteiger partial charge on any atom is 0.123 e. The maximum absolute atomic E-state index is 5.46. The smallest absolute Gasteiger partial charge is 0.123 e. The summed E-state index contributed by atoms with van der Waals surface area (Å²) in [5, 5.41) is 3.79. The van der Waals surface area contributed by atoms with Crippen LogP contribution in [-0.4, -0.2) is 13.2 Å². The lowest BCUT2D eigenvalue weighted by Gasteiger charge is -2.23. The van der Waals surface area contributed by atoms with Crippen LogP contribution in [0, 0.1) is 5.92 Å². The van der Waals surface area contributed by atoms with Crippen LogP contribution in [0.1, 0.15) is 57.6 Å². The summed E-state index contributed by atoms with van der Waals surface area (Å²) in [6.07, 6.45) is 6.72. The van der Waals surface area contributed by atoms with Crippen LogP contribution in [-0.2, 0) is 0 Å². The van der Waals surface area contributed by atoms with Crippen molar-refractivity contribution in [3.63, 3.8) is 0 Å². The van der Waals surface area contributed by atoms with Crippen molar-refractivity contribution in [2.45, 2.75) is 58.0 Å². The minimum Gasteiger partial charge on any atom is -0.496 e. The van der Waals surface area contributed by atoms with Gasteiger partial charge in [0.25, 0.3) is 0 Å². The fourth-order valence-electron chi connectivity index (χ4n) is 3.12. The monoisotopic (exact) mass is 261 g/mol. The molecule has 0 aromatic heterocycles. The first-order chi connectivity index (χ1) is 9.20. The highest BCUT2D eigenvalue weighted by molar-refractivity contribution is 5.35. The zero-order valence-electron chi connectivity index (χ0n) is 12.5. The lowest BCUT2D eigenvalue weighted by molar-refractivity contribution is 0.379. The first-order valence-corrected chi connectivity index (χ1v) is 7.59. The molecule has 1 aromatic rings. The second kappa shape index (κ2) is 6.95. The molecule has 0 amide bonds. The van der Waals surface area contributed by atoms with Gasteiger partial charge in [-0.05, 0) is 38.2 Å². The van der Waals surface area contributed by atoms with E-state index in [4.69, 9.17) is 4.74 Å². The van der Waals surface area contributed by atoms with Crippen LogP contribution in [0.15, 0.2) is 24.3 Å². The van der Waals surface area contributed by atoms with Crippen LogP contribution in [0.2, 0.25) is 0 Å². The average Bonchev–Trinajstić information content (AvgIpc) is 2.63. The molecule has 0 aliphatic heterocycles. The summed E-state index contributed by atoms with van der Waals surface area (Å²) in [5.74, 6) is 1.89. The van der Waals surface area contributed by atoms with E-state index in [1.165, 1.54) is 37.7 Å². The zero-order valence-corrected chi connectivity index (χ0v) is 12.5. The molecule has 3 atom stereocenters. The molecular weight excluding hydrogens is 234 g/mol. The fraction of sp³-hybridized carbons (Fsp3) is 0.647. The Morgan fingerprint density at radius 2 is 1.95 bits per heavy atom. The molecule has 1 aliphatic carbocycles. The van der Waals surface area contributed by atoms with Gasteiger partial charge in [-0.3, -0.25) is 0 Å². The van der Waals surface area contributed by atoms with Crippen LogP contribution < -0.4 is 10.1 Å². The summed E-state index contributed by atoms with van der Waals surface area (Å²) < 4.78 is 5.46. The van der Waals surface area contributed by atoms with E-state index in [0.717, 1.165) is 11.7 Å². The molecule has 1 N–H and O–H groups in total. The van der Waals surface area contributed by atoms with Crippen molar-refractivity contribution in [1.82, 2.24) is 5.32 Å². The minimum atomic E-state index is 0.356. The molecule has 106 valence electrons. The van der Waals surface area contributed by atoms with Gasteiger partial charge in [-0.25, -0.2) is 0 Å². The van der Waals surface area contributed by atoms with E-state index in [-0.39, 0.29) is 0 Å². The largest absolute Gasteiger partial charge is 0.496 e. The third-order valence-electron chi connectivity index (χ3n) is 4.35. The molecule has 1 saturated carbocycles. The van der Waals surface area contributed by atoms with Crippen molar-refractivity contribution in [3.8, 4) is 5.75 Å². The van der Waals surface area contributed by atoms with Gasteiger partial charge in [-0.1, -0.05) is 38.0 Å². The van der Waals surface area contributed by atoms with E-state index in [1.807, 2.05) is 12.1 Å². The van der Waals surface area contributed by atoms with Crippen molar-refractivity contribution in [2.24, 2.45) is 5.92 Å². The van der Waals surface area contributed by atoms with Crippen molar-refractivity contribution in [2.75, 3.05) is 7.11 Å². The molecule has 0 radical (unpaired) electrons. The van der Waals surface area contributed by atoms with Gasteiger partial charge < -0.3 is 10.1 Å². The molecule has 2 rings (SSSR count). The Morgan fingerprint density at radius 1 is 1.16 bits per heavy atom. The molecule has 1 aliphatic rings. The summed E-state index contributed by atoms with van der Waals surface area (Å²) >= 11 is 0.